The minimum Gasteiger partial charge on any atom is -0.337 e. The average Bonchev–Trinajstić information content (AvgIpc) is 2.51. The number of nitrogens with zero attached hydrogens (tertiary/aromatic N) is 3. The number of carbonyl (C=O) groups is 1. The summed E-state index contributed by atoms with van der Waals surface area (Å²) in [6, 6.07) is 1.98. The van der Waals surface area contributed by atoms with Crippen molar-refractivity contribution in [2.75, 3.05) is 33.7 Å². The highest BCUT2D eigenvalue weighted by Gasteiger charge is 2.26. The number of pyridine rings is 1. The Morgan fingerprint density at radius 1 is 1.62 bits per heavy atom. The third kappa shape index (κ3) is 3.81. The molecular weight excluding hydrogens is 264 g/mol. The van der Waals surface area contributed by atoms with Gasteiger partial charge in [-0.05, 0) is 32.5 Å². The third-order valence-electron chi connectivity index (χ3n) is 3.84. The number of hydrogen-bond acceptors (Lipinski definition) is 4. The maximum atomic E-state index is 12.7. The van der Waals surface area contributed by atoms with Crippen LogP contribution in [0.5, 0.6) is 0 Å². The molecule has 2 heterocycles. The summed E-state index contributed by atoms with van der Waals surface area (Å²) in [7, 11) is 3.96. The van der Waals surface area contributed by atoms with Crippen molar-refractivity contribution in [3.05, 3.63) is 29.6 Å². The molecule has 21 heavy (non-hydrogen) atoms. The maximum absolute atomic E-state index is 12.7. The Morgan fingerprint density at radius 2 is 2.43 bits per heavy atom. The van der Waals surface area contributed by atoms with E-state index in [2.05, 4.69) is 28.8 Å². The molecule has 1 aliphatic heterocycles. The monoisotopic (exact) mass is 286 g/mol. The van der Waals surface area contributed by atoms with E-state index in [1.165, 1.54) is 0 Å². The van der Waals surface area contributed by atoms with Crippen LogP contribution >= 0.6 is 0 Å². The summed E-state index contributed by atoms with van der Waals surface area (Å²) in [6.07, 6.45) is 5.41. The molecule has 112 valence electrons. The molecule has 0 aliphatic carbocycles. The van der Waals surface area contributed by atoms with Crippen molar-refractivity contribution in [2.24, 2.45) is 5.73 Å². The van der Waals surface area contributed by atoms with Crippen LogP contribution in [0.25, 0.3) is 0 Å². The van der Waals surface area contributed by atoms with E-state index >= 15 is 0 Å². The van der Waals surface area contributed by atoms with Gasteiger partial charge in [0.2, 0.25) is 0 Å². The number of carbonyl (C=O) groups excluding carboxylic acids is 1. The van der Waals surface area contributed by atoms with E-state index in [9.17, 15) is 4.79 Å². The van der Waals surface area contributed by atoms with Crippen LogP contribution in [0.3, 0.4) is 0 Å². The zero-order valence-corrected chi connectivity index (χ0v) is 12.7. The quantitative estimate of drug-likeness (QED) is 0.807. The first-order valence-corrected chi connectivity index (χ1v) is 7.22. The predicted octanol–water partition coefficient (Wildman–Crippen LogP) is 0.558. The van der Waals surface area contributed by atoms with Crippen LogP contribution in [-0.2, 0) is 0 Å². The van der Waals surface area contributed by atoms with Crippen LogP contribution in [0, 0.1) is 11.8 Å². The first-order chi connectivity index (χ1) is 10.1. The Hall–Kier alpha value is -1.90. The van der Waals surface area contributed by atoms with E-state index in [4.69, 9.17) is 5.73 Å². The van der Waals surface area contributed by atoms with E-state index in [1.54, 1.807) is 18.5 Å². The molecule has 2 rings (SSSR count). The van der Waals surface area contributed by atoms with Gasteiger partial charge in [-0.1, -0.05) is 11.8 Å². The summed E-state index contributed by atoms with van der Waals surface area (Å²) < 4.78 is 0. The van der Waals surface area contributed by atoms with Gasteiger partial charge in [-0.3, -0.25) is 9.78 Å². The predicted molar refractivity (Wildman–Crippen MR) is 82.8 cm³/mol. The first kappa shape index (κ1) is 15.5. The molecule has 1 unspecified atom stereocenters. The zero-order valence-electron chi connectivity index (χ0n) is 12.7. The van der Waals surface area contributed by atoms with Crippen LogP contribution in [0.1, 0.15) is 28.8 Å². The highest BCUT2D eigenvalue weighted by molar-refractivity contribution is 5.96. The molecule has 1 amide bonds. The highest BCUT2D eigenvalue weighted by Crippen LogP contribution is 2.17. The average molecular weight is 286 g/mol. The van der Waals surface area contributed by atoms with Gasteiger partial charge < -0.3 is 15.5 Å². The number of nitrogens with two attached hydrogens (primary N) is 1. The first-order valence-electron chi connectivity index (χ1n) is 7.22. The van der Waals surface area contributed by atoms with Crippen molar-refractivity contribution in [3.63, 3.8) is 0 Å². The van der Waals surface area contributed by atoms with Gasteiger partial charge in [0.05, 0.1) is 17.7 Å². The van der Waals surface area contributed by atoms with E-state index in [-0.39, 0.29) is 18.5 Å². The minimum atomic E-state index is -0.000906. The lowest BCUT2D eigenvalue weighted by Gasteiger charge is -2.36. The van der Waals surface area contributed by atoms with Gasteiger partial charge >= 0.3 is 0 Å². The van der Waals surface area contributed by atoms with Gasteiger partial charge in [0.15, 0.2) is 0 Å². The van der Waals surface area contributed by atoms with Crippen LogP contribution in [-0.4, -0.2) is 60.5 Å². The van der Waals surface area contributed by atoms with Crippen molar-refractivity contribution in [3.8, 4) is 11.8 Å². The Bertz CT molecular complexity index is 561. The van der Waals surface area contributed by atoms with Crippen molar-refractivity contribution in [1.29, 1.82) is 0 Å². The van der Waals surface area contributed by atoms with Crippen LogP contribution in [0.2, 0.25) is 0 Å². The number of hydrogen-bond donors (Lipinski definition) is 1. The molecular formula is C16H22N4O. The van der Waals surface area contributed by atoms with Crippen LogP contribution in [0.4, 0.5) is 0 Å². The van der Waals surface area contributed by atoms with Gasteiger partial charge in [0.25, 0.3) is 5.91 Å². The lowest BCUT2D eigenvalue weighted by atomic mass is 10.0. The van der Waals surface area contributed by atoms with Crippen molar-refractivity contribution in [2.45, 2.75) is 18.9 Å². The Morgan fingerprint density at radius 3 is 3.14 bits per heavy atom. The molecule has 0 spiro atoms. The lowest BCUT2D eigenvalue weighted by molar-refractivity contribution is 0.0643. The molecule has 1 saturated heterocycles. The van der Waals surface area contributed by atoms with E-state index in [1.807, 2.05) is 11.9 Å². The second kappa shape index (κ2) is 7.21. The van der Waals surface area contributed by atoms with Crippen molar-refractivity contribution >= 4 is 5.91 Å². The molecule has 1 aliphatic rings. The normalized spacial score (nSPS) is 18.7. The molecule has 5 heteroatoms. The minimum absolute atomic E-state index is 0.000906. The molecule has 0 aromatic carbocycles. The molecule has 1 aromatic rings. The smallest absolute Gasteiger partial charge is 0.255 e. The van der Waals surface area contributed by atoms with Gasteiger partial charge in [0.1, 0.15) is 0 Å². The molecule has 1 atom stereocenters. The van der Waals surface area contributed by atoms with Crippen molar-refractivity contribution in [1.82, 2.24) is 14.8 Å². The number of aromatic nitrogens is 1. The Kier molecular flexibility index (Phi) is 5.32. The fourth-order valence-electron chi connectivity index (χ4n) is 2.64. The van der Waals surface area contributed by atoms with E-state index < -0.39 is 0 Å². The Balaban J connectivity index is 2.19. The number of likely N-dealkylation sites (N-methyl/N-ethyl adjacent to an activating group) is 2. The topological polar surface area (TPSA) is 62.5 Å². The maximum Gasteiger partial charge on any atom is 0.255 e. The lowest BCUT2D eigenvalue weighted by Crippen LogP contribution is -2.47. The molecule has 1 aromatic heterocycles. The number of piperidine rings is 1. The summed E-state index contributed by atoms with van der Waals surface area (Å²) in [5.41, 5.74) is 6.64. The fourth-order valence-corrected chi connectivity index (χ4v) is 2.64. The van der Waals surface area contributed by atoms with Gasteiger partial charge in [-0.25, -0.2) is 0 Å². The number of likely N-dealkylation sites (tertiary alicyclic amines) is 1. The van der Waals surface area contributed by atoms with Gasteiger partial charge in [-0.2, -0.15) is 0 Å². The Labute approximate surface area is 126 Å². The third-order valence-corrected chi connectivity index (χ3v) is 3.84. The number of amides is 1. The summed E-state index contributed by atoms with van der Waals surface area (Å²) in [4.78, 5) is 20.9. The number of rotatable bonds is 2. The molecule has 0 bridgehead atoms. The van der Waals surface area contributed by atoms with Crippen molar-refractivity contribution < 1.29 is 4.79 Å². The zero-order chi connectivity index (χ0) is 15.2. The van der Waals surface area contributed by atoms with Gasteiger partial charge in [0, 0.05) is 32.0 Å². The standard InChI is InChI=1S/C16H22N4O/c1-19-10-4-6-14(12-19)20(2)16(21)15-7-9-18-11-13(15)5-3-8-17/h7,9,11,14H,4,6,8,10,12,17H2,1-2H3. The van der Waals surface area contributed by atoms with Crippen LogP contribution in [0.15, 0.2) is 18.5 Å². The SMILES string of the molecule is CN1CCCC(N(C)C(=O)c2ccncc2C#CCN)C1. The molecule has 1 fully saturated rings. The second-order valence-electron chi connectivity index (χ2n) is 5.40. The molecule has 0 radical (unpaired) electrons. The fraction of sp³-hybridized carbons (Fsp3) is 0.500. The molecule has 2 N–H and O–H groups in total. The molecule has 0 saturated carbocycles. The summed E-state index contributed by atoms with van der Waals surface area (Å²) in [6.45, 7) is 2.28. The summed E-state index contributed by atoms with van der Waals surface area (Å²) >= 11 is 0. The summed E-state index contributed by atoms with van der Waals surface area (Å²) in [5.74, 6) is 5.71. The van der Waals surface area contributed by atoms with E-state index in [0.29, 0.717) is 11.1 Å². The van der Waals surface area contributed by atoms with Gasteiger partial charge in [-0.15, -0.1) is 0 Å². The highest BCUT2D eigenvalue weighted by atomic mass is 16.2. The van der Waals surface area contributed by atoms with E-state index in [0.717, 1.165) is 25.9 Å². The second-order valence-corrected chi connectivity index (χ2v) is 5.40. The van der Waals surface area contributed by atoms with Crippen LogP contribution < -0.4 is 5.73 Å². The largest absolute Gasteiger partial charge is 0.337 e. The summed E-state index contributed by atoms with van der Waals surface area (Å²) in [5, 5.41) is 0. The molecule has 5 nitrogen and oxygen atoms in total.